The molecular formula is C21H28N2O4. The fraction of sp³-hybridized carbons (Fsp3) is 0.571. The topological polar surface area (TPSA) is 68.2 Å². The Morgan fingerprint density at radius 2 is 1.93 bits per heavy atom. The number of carbonyl (C=O) groups excluding carboxylic acids is 2. The number of hydrogen-bond donors (Lipinski definition) is 0. The van der Waals surface area contributed by atoms with Crippen molar-refractivity contribution in [2.24, 2.45) is 10.6 Å². The molecule has 6 nitrogen and oxygen atoms in total. The zero-order valence-corrected chi connectivity index (χ0v) is 16.4. The Hall–Kier alpha value is -2.37. The Labute approximate surface area is 160 Å². The van der Waals surface area contributed by atoms with Gasteiger partial charge in [-0.1, -0.05) is 35.0 Å². The first-order valence-corrected chi connectivity index (χ1v) is 9.66. The van der Waals surface area contributed by atoms with Crippen LogP contribution < -0.4 is 0 Å². The molecule has 146 valence electrons. The van der Waals surface area contributed by atoms with Crippen molar-refractivity contribution in [1.29, 1.82) is 0 Å². The third-order valence-electron chi connectivity index (χ3n) is 5.61. The summed E-state index contributed by atoms with van der Waals surface area (Å²) in [6.07, 6.45) is 2.31. The average molecular weight is 372 g/mol. The van der Waals surface area contributed by atoms with Crippen LogP contribution in [-0.4, -0.2) is 48.3 Å². The van der Waals surface area contributed by atoms with Gasteiger partial charge in [-0.3, -0.25) is 9.59 Å². The molecule has 1 atom stereocenters. The van der Waals surface area contributed by atoms with Crippen molar-refractivity contribution in [3.05, 3.63) is 35.4 Å². The second-order valence-electron chi connectivity index (χ2n) is 7.55. The SMILES string of the molecule is CCOC(=O)C1(CC2CC(c3ccc(C)cc3)=NO2)CCN(C(C)=O)CC1. The number of nitrogens with zero attached hydrogens (tertiary/aromatic N) is 2. The molecule has 2 aliphatic rings. The lowest BCUT2D eigenvalue weighted by molar-refractivity contribution is -0.163. The number of aryl methyl sites for hydroxylation is 1. The third-order valence-corrected chi connectivity index (χ3v) is 5.61. The molecule has 1 aromatic rings. The van der Waals surface area contributed by atoms with Gasteiger partial charge in [0.05, 0.1) is 17.7 Å². The van der Waals surface area contributed by atoms with Gasteiger partial charge in [0.2, 0.25) is 5.91 Å². The van der Waals surface area contributed by atoms with Gasteiger partial charge < -0.3 is 14.5 Å². The first kappa shape index (κ1) is 19.4. The summed E-state index contributed by atoms with van der Waals surface area (Å²) in [6, 6.07) is 8.21. The number of piperidine rings is 1. The van der Waals surface area contributed by atoms with Crippen molar-refractivity contribution < 1.29 is 19.2 Å². The Kier molecular flexibility index (Phi) is 5.82. The summed E-state index contributed by atoms with van der Waals surface area (Å²) >= 11 is 0. The van der Waals surface area contributed by atoms with Crippen LogP contribution >= 0.6 is 0 Å². The van der Waals surface area contributed by atoms with E-state index in [1.165, 1.54) is 5.56 Å². The van der Waals surface area contributed by atoms with E-state index in [9.17, 15) is 9.59 Å². The van der Waals surface area contributed by atoms with Crippen LogP contribution in [0.1, 0.15) is 50.7 Å². The number of esters is 1. The van der Waals surface area contributed by atoms with E-state index in [0.29, 0.717) is 45.4 Å². The molecular weight excluding hydrogens is 344 g/mol. The summed E-state index contributed by atoms with van der Waals surface area (Å²) in [6.45, 7) is 6.95. The molecule has 0 radical (unpaired) electrons. The minimum atomic E-state index is -0.606. The molecule has 1 aromatic carbocycles. The Balaban J connectivity index is 1.68. The maximum Gasteiger partial charge on any atom is 0.312 e. The molecule has 0 saturated carbocycles. The van der Waals surface area contributed by atoms with Gasteiger partial charge in [0.15, 0.2) is 0 Å². The number of oxime groups is 1. The van der Waals surface area contributed by atoms with Crippen molar-refractivity contribution in [2.75, 3.05) is 19.7 Å². The van der Waals surface area contributed by atoms with Gasteiger partial charge in [0, 0.05) is 32.9 Å². The minimum Gasteiger partial charge on any atom is -0.466 e. The second kappa shape index (κ2) is 8.11. The van der Waals surface area contributed by atoms with Crippen LogP contribution in [-0.2, 0) is 19.2 Å². The van der Waals surface area contributed by atoms with E-state index in [0.717, 1.165) is 11.3 Å². The van der Waals surface area contributed by atoms with Crippen molar-refractivity contribution in [3.63, 3.8) is 0 Å². The van der Waals surface area contributed by atoms with Crippen LogP contribution in [0.3, 0.4) is 0 Å². The highest BCUT2D eigenvalue weighted by Crippen LogP contribution is 2.40. The van der Waals surface area contributed by atoms with E-state index in [1.54, 1.807) is 11.8 Å². The van der Waals surface area contributed by atoms with Gasteiger partial charge in [0.25, 0.3) is 0 Å². The molecule has 0 aliphatic carbocycles. The third kappa shape index (κ3) is 4.31. The van der Waals surface area contributed by atoms with Crippen LogP contribution in [0.4, 0.5) is 0 Å². The first-order valence-electron chi connectivity index (χ1n) is 9.66. The molecule has 1 fully saturated rings. The lowest BCUT2D eigenvalue weighted by Gasteiger charge is -2.40. The average Bonchev–Trinajstić information content (AvgIpc) is 3.11. The number of rotatable bonds is 5. The molecule has 3 rings (SSSR count). The molecule has 2 heterocycles. The van der Waals surface area contributed by atoms with Gasteiger partial charge in [-0.15, -0.1) is 0 Å². The van der Waals surface area contributed by atoms with Crippen LogP contribution in [0.5, 0.6) is 0 Å². The van der Waals surface area contributed by atoms with E-state index >= 15 is 0 Å². The molecule has 6 heteroatoms. The van der Waals surface area contributed by atoms with E-state index in [-0.39, 0.29) is 18.0 Å². The highest BCUT2D eigenvalue weighted by molar-refractivity contribution is 6.01. The van der Waals surface area contributed by atoms with Crippen molar-refractivity contribution in [1.82, 2.24) is 4.90 Å². The van der Waals surface area contributed by atoms with Gasteiger partial charge in [0.1, 0.15) is 6.10 Å². The summed E-state index contributed by atoms with van der Waals surface area (Å²) in [4.78, 5) is 31.9. The standard InChI is InChI=1S/C21H28N2O4/c1-4-26-20(25)21(9-11-23(12-10-21)16(3)24)14-18-13-19(22-27-18)17-7-5-15(2)6-8-17/h5-8,18H,4,9-14H2,1-3H3. The predicted octanol–water partition coefficient (Wildman–Crippen LogP) is 3.07. The zero-order valence-electron chi connectivity index (χ0n) is 16.4. The number of benzene rings is 1. The van der Waals surface area contributed by atoms with Gasteiger partial charge >= 0.3 is 5.97 Å². The highest BCUT2D eigenvalue weighted by atomic mass is 16.6. The van der Waals surface area contributed by atoms with E-state index in [2.05, 4.69) is 24.2 Å². The highest BCUT2D eigenvalue weighted by Gasteiger charge is 2.46. The summed E-state index contributed by atoms with van der Waals surface area (Å²) in [5.41, 5.74) is 2.57. The van der Waals surface area contributed by atoms with Crippen molar-refractivity contribution in [3.8, 4) is 0 Å². The number of likely N-dealkylation sites (tertiary alicyclic amines) is 1. The lowest BCUT2D eigenvalue weighted by atomic mass is 9.73. The molecule has 1 saturated heterocycles. The maximum absolute atomic E-state index is 12.8. The predicted molar refractivity (Wildman–Crippen MR) is 102 cm³/mol. The van der Waals surface area contributed by atoms with Crippen LogP contribution in [0.2, 0.25) is 0 Å². The summed E-state index contributed by atoms with van der Waals surface area (Å²) in [7, 11) is 0. The summed E-state index contributed by atoms with van der Waals surface area (Å²) in [5, 5.41) is 4.26. The van der Waals surface area contributed by atoms with Crippen LogP contribution in [0, 0.1) is 12.3 Å². The van der Waals surface area contributed by atoms with E-state index in [1.807, 2.05) is 19.1 Å². The molecule has 1 amide bonds. The molecule has 27 heavy (non-hydrogen) atoms. The smallest absolute Gasteiger partial charge is 0.312 e. The number of hydrogen-bond acceptors (Lipinski definition) is 5. The molecule has 1 unspecified atom stereocenters. The minimum absolute atomic E-state index is 0.0505. The lowest BCUT2D eigenvalue weighted by Crippen LogP contribution is -2.48. The van der Waals surface area contributed by atoms with Crippen LogP contribution in [0.15, 0.2) is 29.4 Å². The molecule has 0 aromatic heterocycles. The van der Waals surface area contributed by atoms with Crippen molar-refractivity contribution >= 4 is 17.6 Å². The van der Waals surface area contributed by atoms with E-state index in [4.69, 9.17) is 9.57 Å². The quantitative estimate of drug-likeness (QED) is 0.745. The molecule has 2 aliphatic heterocycles. The largest absolute Gasteiger partial charge is 0.466 e. The van der Waals surface area contributed by atoms with Crippen molar-refractivity contribution in [2.45, 2.75) is 52.6 Å². The van der Waals surface area contributed by atoms with Gasteiger partial charge in [-0.2, -0.15) is 0 Å². The molecule has 0 spiro atoms. The molecule has 0 N–H and O–H groups in total. The van der Waals surface area contributed by atoms with E-state index < -0.39 is 5.41 Å². The fourth-order valence-corrected chi connectivity index (χ4v) is 3.92. The maximum atomic E-state index is 12.8. The first-order chi connectivity index (χ1) is 12.9. The summed E-state index contributed by atoms with van der Waals surface area (Å²) < 4.78 is 5.38. The van der Waals surface area contributed by atoms with Gasteiger partial charge in [-0.05, 0) is 32.3 Å². The number of amides is 1. The summed E-state index contributed by atoms with van der Waals surface area (Å²) in [5.74, 6) is -0.129. The second-order valence-corrected chi connectivity index (χ2v) is 7.55. The number of ether oxygens (including phenoxy) is 1. The Morgan fingerprint density at radius 3 is 2.52 bits per heavy atom. The fourth-order valence-electron chi connectivity index (χ4n) is 3.92. The monoisotopic (exact) mass is 372 g/mol. The van der Waals surface area contributed by atoms with Crippen LogP contribution in [0.25, 0.3) is 0 Å². The number of carbonyl (C=O) groups is 2. The molecule has 0 bridgehead atoms. The van der Waals surface area contributed by atoms with Gasteiger partial charge in [-0.25, -0.2) is 0 Å². The Morgan fingerprint density at radius 1 is 1.26 bits per heavy atom. The normalized spacial score (nSPS) is 21.4. The zero-order chi connectivity index (χ0) is 19.4. The Bertz CT molecular complexity index is 718.